The van der Waals surface area contributed by atoms with Gasteiger partial charge in [-0.05, 0) is 50.3 Å². The maximum atomic E-state index is 11.6. The zero-order chi connectivity index (χ0) is 15.3. The number of hydrogen-bond donors (Lipinski definition) is 1. The molecule has 0 aromatic heterocycles. The molecule has 2 rings (SSSR count). The van der Waals surface area contributed by atoms with E-state index in [4.69, 9.17) is 0 Å². The third kappa shape index (κ3) is 3.85. The Morgan fingerprint density at radius 1 is 1.29 bits per heavy atom. The van der Waals surface area contributed by atoms with Crippen molar-refractivity contribution in [2.75, 3.05) is 19.6 Å². The normalized spacial score (nSPS) is 22.8. The first-order chi connectivity index (χ1) is 10.0. The fraction of sp³-hybridized carbons (Fsp3) is 0.611. The van der Waals surface area contributed by atoms with Gasteiger partial charge in [-0.1, -0.05) is 44.2 Å². The lowest BCUT2D eigenvalue weighted by Gasteiger charge is -2.28. The number of carboxylic acids is 1. The van der Waals surface area contributed by atoms with Crippen LogP contribution in [0.25, 0.3) is 0 Å². The van der Waals surface area contributed by atoms with Crippen LogP contribution in [0.15, 0.2) is 30.3 Å². The Hall–Kier alpha value is -1.35. The Morgan fingerprint density at radius 2 is 2.00 bits per heavy atom. The minimum Gasteiger partial charge on any atom is -0.481 e. The Morgan fingerprint density at radius 3 is 2.57 bits per heavy atom. The molecule has 3 nitrogen and oxygen atoms in total. The summed E-state index contributed by atoms with van der Waals surface area (Å²) in [6.07, 6.45) is 4.21. The molecular weight excluding hydrogens is 262 g/mol. The number of likely N-dealkylation sites (tertiary alicyclic amines) is 1. The van der Waals surface area contributed by atoms with Crippen molar-refractivity contribution >= 4 is 5.97 Å². The van der Waals surface area contributed by atoms with E-state index in [2.05, 4.69) is 29.2 Å². The molecule has 0 spiro atoms. The van der Waals surface area contributed by atoms with Crippen molar-refractivity contribution in [3.05, 3.63) is 35.9 Å². The summed E-state index contributed by atoms with van der Waals surface area (Å²) in [5.41, 5.74) is 0.861. The topological polar surface area (TPSA) is 40.5 Å². The SMILES string of the molecule is CC(C)C1(C(=O)O)CCN(CCCCc2ccccc2)C1. The second-order valence-corrected chi connectivity index (χ2v) is 6.58. The standard InChI is InChI=1S/C18H27NO2/c1-15(2)18(17(20)21)11-13-19(14-18)12-7-6-10-16-8-4-3-5-9-16/h3-5,8-9,15H,6-7,10-14H2,1-2H3,(H,20,21). The Bertz CT molecular complexity index is 458. The third-order valence-electron chi connectivity index (χ3n) is 4.94. The Kier molecular flexibility index (Phi) is 5.40. The van der Waals surface area contributed by atoms with Crippen LogP contribution in [-0.2, 0) is 11.2 Å². The summed E-state index contributed by atoms with van der Waals surface area (Å²) in [7, 11) is 0. The van der Waals surface area contributed by atoms with Gasteiger partial charge in [-0.25, -0.2) is 0 Å². The summed E-state index contributed by atoms with van der Waals surface area (Å²) < 4.78 is 0. The zero-order valence-electron chi connectivity index (χ0n) is 13.2. The van der Waals surface area contributed by atoms with Gasteiger partial charge in [-0.15, -0.1) is 0 Å². The van der Waals surface area contributed by atoms with E-state index < -0.39 is 11.4 Å². The number of hydrogen-bond acceptors (Lipinski definition) is 2. The van der Waals surface area contributed by atoms with E-state index in [9.17, 15) is 9.90 Å². The first kappa shape index (κ1) is 16.0. The van der Waals surface area contributed by atoms with Gasteiger partial charge in [0, 0.05) is 6.54 Å². The lowest BCUT2D eigenvalue weighted by molar-refractivity contribution is -0.151. The Labute approximate surface area is 128 Å². The van der Waals surface area contributed by atoms with Gasteiger partial charge >= 0.3 is 5.97 Å². The van der Waals surface area contributed by atoms with Crippen molar-refractivity contribution in [1.29, 1.82) is 0 Å². The first-order valence-corrected chi connectivity index (χ1v) is 8.04. The molecule has 1 heterocycles. The number of unbranched alkanes of at least 4 members (excludes halogenated alkanes) is 1. The van der Waals surface area contributed by atoms with Crippen molar-refractivity contribution in [2.24, 2.45) is 11.3 Å². The predicted octanol–water partition coefficient (Wildman–Crippen LogP) is 3.44. The third-order valence-corrected chi connectivity index (χ3v) is 4.94. The van der Waals surface area contributed by atoms with Crippen molar-refractivity contribution < 1.29 is 9.90 Å². The molecule has 1 atom stereocenters. The minimum atomic E-state index is -0.621. The number of carbonyl (C=O) groups is 1. The molecule has 1 saturated heterocycles. The van der Waals surface area contributed by atoms with Gasteiger partial charge in [0.05, 0.1) is 5.41 Å². The van der Waals surface area contributed by atoms with Gasteiger partial charge < -0.3 is 10.0 Å². The lowest BCUT2D eigenvalue weighted by atomic mass is 9.76. The van der Waals surface area contributed by atoms with E-state index in [1.165, 1.54) is 12.0 Å². The smallest absolute Gasteiger partial charge is 0.311 e. The van der Waals surface area contributed by atoms with Crippen LogP contribution < -0.4 is 0 Å². The molecule has 0 amide bonds. The van der Waals surface area contributed by atoms with E-state index in [1.807, 2.05) is 19.9 Å². The largest absolute Gasteiger partial charge is 0.481 e. The molecule has 1 aromatic rings. The fourth-order valence-electron chi connectivity index (χ4n) is 3.31. The summed E-state index contributed by atoms with van der Waals surface area (Å²) >= 11 is 0. The van der Waals surface area contributed by atoms with Crippen molar-refractivity contribution in [3.8, 4) is 0 Å². The predicted molar refractivity (Wildman–Crippen MR) is 85.3 cm³/mol. The highest BCUT2D eigenvalue weighted by Crippen LogP contribution is 2.38. The quantitative estimate of drug-likeness (QED) is 0.782. The van der Waals surface area contributed by atoms with Crippen LogP contribution in [0.5, 0.6) is 0 Å². The fourth-order valence-corrected chi connectivity index (χ4v) is 3.31. The van der Waals surface area contributed by atoms with E-state index in [1.54, 1.807) is 0 Å². The summed E-state index contributed by atoms with van der Waals surface area (Å²) in [5.74, 6) is -0.423. The van der Waals surface area contributed by atoms with E-state index in [0.29, 0.717) is 6.54 Å². The van der Waals surface area contributed by atoms with Crippen molar-refractivity contribution in [1.82, 2.24) is 4.90 Å². The van der Waals surface area contributed by atoms with Gasteiger partial charge in [0.25, 0.3) is 0 Å². The van der Waals surface area contributed by atoms with E-state index in [-0.39, 0.29) is 5.92 Å². The summed E-state index contributed by atoms with van der Waals surface area (Å²) in [4.78, 5) is 13.9. The highest BCUT2D eigenvalue weighted by Gasteiger charge is 2.46. The molecule has 0 saturated carbocycles. The molecule has 1 fully saturated rings. The van der Waals surface area contributed by atoms with Gasteiger partial charge in [0.2, 0.25) is 0 Å². The summed E-state index contributed by atoms with van der Waals surface area (Å²) in [6, 6.07) is 10.6. The van der Waals surface area contributed by atoms with Crippen LogP contribution in [0.1, 0.15) is 38.7 Å². The molecule has 1 aliphatic heterocycles. The number of aliphatic carboxylic acids is 1. The molecule has 0 bridgehead atoms. The highest BCUT2D eigenvalue weighted by molar-refractivity contribution is 5.75. The van der Waals surface area contributed by atoms with E-state index >= 15 is 0 Å². The molecule has 116 valence electrons. The number of aryl methyl sites for hydroxylation is 1. The molecule has 0 radical (unpaired) electrons. The molecule has 1 unspecified atom stereocenters. The van der Waals surface area contributed by atoms with Crippen LogP contribution >= 0.6 is 0 Å². The van der Waals surface area contributed by atoms with Crippen LogP contribution in [0, 0.1) is 11.3 Å². The first-order valence-electron chi connectivity index (χ1n) is 8.04. The second kappa shape index (κ2) is 7.08. The van der Waals surface area contributed by atoms with E-state index in [0.717, 1.165) is 32.4 Å². The molecular formula is C18H27NO2. The molecule has 21 heavy (non-hydrogen) atoms. The number of rotatable bonds is 7. The molecule has 1 aliphatic rings. The maximum absolute atomic E-state index is 11.6. The average molecular weight is 289 g/mol. The second-order valence-electron chi connectivity index (χ2n) is 6.58. The molecule has 1 aromatic carbocycles. The summed E-state index contributed by atoms with van der Waals surface area (Å²) in [5, 5.41) is 9.55. The van der Waals surface area contributed by atoms with Crippen LogP contribution in [0.3, 0.4) is 0 Å². The highest BCUT2D eigenvalue weighted by atomic mass is 16.4. The minimum absolute atomic E-state index is 0.198. The number of nitrogens with zero attached hydrogens (tertiary/aromatic N) is 1. The van der Waals surface area contributed by atoms with Crippen LogP contribution in [0.4, 0.5) is 0 Å². The van der Waals surface area contributed by atoms with Crippen molar-refractivity contribution in [2.45, 2.75) is 39.5 Å². The van der Waals surface area contributed by atoms with Crippen LogP contribution in [0.2, 0.25) is 0 Å². The zero-order valence-corrected chi connectivity index (χ0v) is 13.2. The monoisotopic (exact) mass is 289 g/mol. The van der Waals surface area contributed by atoms with Gasteiger partial charge in [-0.3, -0.25) is 4.79 Å². The lowest BCUT2D eigenvalue weighted by Crippen LogP contribution is -2.39. The molecule has 0 aliphatic carbocycles. The van der Waals surface area contributed by atoms with Gasteiger partial charge in [-0.2, -0.15) is 0 Å². The van der Waals surface area contributed by atoms with Gasteiger partial charge in [0.1, 0.15) is 0 Å². The average Bonchev–Trinajstić information content (AvgIpc) is 2.90. The maximum Gasteiger partial charge on any atom is 0.311 e. The van der Waals surface area contributed by atoms with Crippen LogP contribution in [-0.4, -0.2) is 35.6 Å². The van der Waals surface area contributed by atoms with Crippen molar-refractivity contribution in [3.63, 3.8) is 0 Å². The molecule has 1 N–H and O–H groups in total. The summed E-state index contributed by atoms with van der Waals surface area (Å²) in [6.45, 7) is 6.73. The molecule has 3 heteroatoms. The number of carboxylic acid groups (broad SMARTS) is 1. The van der Waals surface area contributed by atoms with Gasteiger partial charge in [0.15, 0.2) is 0 Å². The number of benzene rings is 1. The Balaban J connectivity index is 1.74.